The Hall–Kier alpha value is -2.10. The number of para-hydroxylation sites is 1. The van der Waals surface area contributed by atoms with E-state index in [9.17, 15) is 9.59 Å². The van der Waals surface area contributed by atoms with E-state index in [0.29, 0.717) is 12.1 Å². The van der Waals surface area contributed by atoms with E-state index in [1.54, 1.807) is 6.08 Å². The van der Waals surface area contributed by atoms with Crippen LogP contribution in [0.1, 0.15) is 32.6 Å². The molecule has 0 aromatic heterocycles. The molecule has 0 bridgehead atoms. The number of carbonyl (C=O) groups excluding carboxylic acids is 2. The highest BCUT2D eigenvalue weighted by Crippen LogP contribution is 2.31. The van der Waals surface area contributed by atoms with E-state index in [1.807, 2.05) is 25.1 Å². The second-order valence-electron chi connectivity index (χ2n) is 5.94. The van der Waals surface area contributed by atoms with Gasteiger partial charge in [0.25, 0.3) is 11.8 Å². The van der Waals surface area contributed by atoms with Crippen molar-refractivity contribution >= 4 is 17.5 Å². The molecule has 0 aliphatic carbocycles. The van der Waals surface area contributed by atoms with Gasteiger partial charge in [0.1, 0.15) is 0 Å². The van der Waals surface area contributed by atoms with E-state index in [2.05, 4.69) is 17.0 Å². The fraction of sp³-hybridized carbons (Fsp3) is 0.444. The maximum absolute atomic E-state index is 12.6. The summed E-state index contributed by atoms with van der Waals surface area (Å²) in [6, 6.07) is 10.2. The van der Waals surface area contributed by atoms with Crippen molar-refractivity contribution in [2.24, 2.45) is 0 Å². The standard InChI is InChI=1S/C18H22N2O2/c1-2-11-20-17(21)13-15(18(20)22)16-10-6-7-12-19(16)14-8-4-3-5-9-14/h3-5,8-9,13,16H,2,6-7,10-12H2,1H3. The summed E-state index contributed by atoms with van der Waals surface area (Å²) in [5.41, 5.74) is 1.80. The Morgan fingerprint density at radius 3 is 2.64 bits per heavy atom. The number of amides is 2. The minimum Gasteiger partial charge on any atom is -0.364 e. The summed E-state index contributed by atoms with van der Waals surface area (Å²) in [6.45, 7) is 3.42. The lowest BCUT2D eigenvalue weighted by Crippen LogP contribution is -2.43. The van der Waals surface area contributed by atoms with E-state index in [-0.39, 0.29) is 17.9 Å². The number of piperidine rings is 1. The maximum atomic E-state index is 12.6. The normalized spacial score (nSPS) is 22.2. The first-order valence-electron chi connectivity index (χ1n) is 8.11. The van der Waals surface area contributed by atoms with Gasteiger partial charge in [-0.2, -0.15) is 0 Å². The molecule has 0 spiro atoms. The first-order valence-corrected chi connectivity index (χ1v) is 8.11. The van der Waals surface area contributed by atoms with Crippen molar-refractivity contribution < 1.29 is 9.59 Å². The van der Waals surface area contributed by atoms with Crippen LogP contribution in [-0.4, -0.2) is 35.8 Å². The quantitative estimate of drug-likeness (QED) is 0.803. The molecule has 0 saturated carbocycles. The van der Waals surface area contributed by atoms with Gasteiger partial charge in [-0.25, -0.2) is 0 Å². The highest BCUT2D eigenvalue weighted by Gasteiger charge is 2.38. The Bertz CT molecular complexity index is 594. The summed E-state index contributed by atoms with van der Waals surface area (Å²) in [7, 11) is 0. The average Bonchev–Trinajstić information content (AvgIpc) is 2.84. The molecule has 1 fully saturated rings. The number of nitrogens with zero attached hydrogens (tertiary/aromatic N) is 2. The molecule has 22 heavy (non-hydrogen) atoms. The van der Waals surface area contributed by atoms with Crippen LogP contribution in [0.4, 0.5) is 5.69 Å². The Kier molecular flexibility index (Phi) is 4.27. The molecule has 1 aromatic rings. The van der Waals surface area contributed by atoms with Crippen LogP contribution in [0.3, 0.4) is 0 Å². The lowest BCUT2D eigenvalue weighted by atomic mass is 9.94. The van der Waals surface area contributed by atoms with Crippen LogP contribution in [0, 0.1) is 0 Å². The zero-order valence-electron chi connectivity index (χ0n) is 13.0. The molecule has 4 heteroatoms. The van der Waals surface area contributed by atoms with Crippen molar-refractivity contribution in [3.63, 3.8) is 0 Å². The Morgan fingerprint density at radius 1 is 1.14 bits per heavy atom. The van der Waals surface area contributed by atoms with Crippen molar-refractivity contribution in [3.8, 4) is 0 Å². The van der Waals surface area contributed by atoms with E-state index in [1.165, 1.54) is 4.90 Å². The maximum Gasteiger partial charge on any atom is 0.258 e. The fourth-order valence-electron chi connectivity index (χ4n) is 3.39. The van der Waals surface area contributed by atoms with Gasteiger partial charge in [0.05, 0.1) is 6.04 Å². The third-order valence-electron chi connectivity index (χ3n) is 4.43. The SMILES string of the molecule is CCCN1C(=O)C=C(C2CCCCN2c2ccccc2)C1=O. The number of imide groups is 1. The minimum atomic E-state index is -0.152. The van der Waals surface area contributed by atoms with Crippen molar-refractivity contribution in [3.05, 3.63) is 42.0 Å². The molecule has 4 nitrogen and oxygen atoms in total. The van der Waals surface area contributed by atoms with Gasteiger partial charge in [-0.15, -0.1) is 0 Å². The molecular formula is C18H22N2O2. The summed E-state index contributed by atoms with van der Waals surface area (Å²) < 4.78 is 0. The highest BCUT2D eigenvalue weighted by molar-refractivity contribution is 6.17. The molecular weight excluding hydrogens is 276 g/mol. The van der Waals surface area contributed by atoms with Crippen LogP contribution < -0.4 is 4.90 Å². The molecule has 116 valence electrons. The number of carbonyl (C=O) groups is 2. The third-order valence-corrected chi connectivity index (χ3v) is 4.43. The third kappa shape index (κ3) is 2.65. The second-order valence-corrected chi connectivity index (χ2v) is 5.94. The first-order chi connectivity index (χ1) is 10.7. The molecule has 1 unspecified atom stereocenters. The second kappa shape index (κ2) is 6.34. The minimum absolute atomic E-state index is 0.0226. The van der Waals surface area contributed by atoms with Crippen molar-refractivity contribution in [1.82, 2.24) is 4.90 Å². The van der Waals surface area contributed by atoms with Crippen LogP contribution in [0.2, 0.25) is 0 Å². The average molecular weight is 298 g/mol. The van der Waals surface area contributed by atoms with Crippen molar-refractivity contribution in [2.75, 3.05) is 18.0 Å². The van der Waals surface area contributed by atoms with Gasteiger partial charge < -0.3 is 4.90 Å². The number of hydrogen-bond donors (Lipinski definition) is 0. The van der Waals surface area contributed by atoms with Crippen LogP contribution in [0.15, 0.2) is 42.0 Å². The summed E-state index contributed by atoms with van der Waals surface area (Å²) in [6.07, 6.45) is 5.51. The highest BCUT2D eigenvalue weighted by atomic mass is 16.2. The molecule has 1 aromatic carbocycles. The van der Waals surface area contributed by atoms with Gasteiger partial charge in [-0.3, -0.25) is 14.5 Å². The molecule has 0 N–H and O–H groups in total. The first kappa shape index (κ1) is 14.8. The lowest BCUT2D eigenvalue weighted by molar-refractivity contribution is -0.137. The zero-order chi connectivity index (χ0) is 15.5. The number of rotatable bonds is 4. The smallest absolute Gasteiger partial charge is 0.258 e. The Labute approximate surface area is 131 Å². The number of anilines is 1. The van der Waals surface area contributed by atoms with E-state index >= 15 is 0 Å². The lowest BCUT2D eigenvalue weighted by Gasteiger charge is -2.38. The van der Waals surface area contributed by atoms with Crippen LogP contribution in [0.25, 0.3) is 0 Å². The molecule has 3 rings (SSSR count). The molecule has 1 saturated heterocycles. The van der Waals surface area contributed by atoms with Gasteiger partial charge in [-0.1, -0.05) is 25.1 Å². The van der Waals surface area contributed by atoms with Gasteiger partial charge >= 0.3 is 0 Å². The summed E-state index contributed by atoms with van der Waals surface area (Å²) >= 11 is 0. The Balaban J connectivity index is 1.87. The van der Waals surface area contributed by atoms with Crippen LogP contribution in [0.5, 0.6) is 0 Å². The molecule has 0 radical (unpaired) electrons. The van der Waals surface area contributed by atoms with E-state index < -0.39 is 0 Å². The fourth-order valence-corrected chi connectivity index (χ4v) is 3.39. The van der Waals surface area contributed by atoms with Gasteiger partial charge in [0, 0.05) is 30.4 Å². The van der Waals surface area contributed by atoms with E-state index in [4.69, 9.17) is 0 Å². The zero-order valence-corrected chi connectivity index (χ0v) is 13.0. The summed E-state index contributed by atoms with van der Waals surface area (Å²) in [5, 5.41) is 0. The van der Waals surface area contributed by atoms with Crippen LogP contribution in [-0.2, 0) is 9.59 Å². The monoisotopic (exact) mass is 298 g/mol. The van der Waals surface area contributed by atoms with Crippen molar-refractivity contribution in [2.45, 2.75) is 38.6 Å². The topological polar surface area (TPSA) is 40.6 Å². The number of benzene rings is 1. The molecule has 2 amide bonds. The van der Waals surface area contributed by atoms with Crippen molar-refractivity contribution in [1.29, 1.82) is 0 Å². The molecule has 2 heterocycles. The predicted molar refractivity (Wildman–Crippen MR) is 86.5 cm³/mol. The molecule has 2 aliphatic rings. The van der Waals surface area contributed by atoms with Gasteiger partial charge in [0.2, 0.25) is 0 Å². The van der Waals surface area contributed by atoms with Gasteiger partial charge in [-0.05, 0) is 37.8 Å². The van der Waals surface area contributed by atoms with E-state index in [0.717, 1.165) is 37.9 Å². The summed E-state index contributed by atoms with van der Waals surface area (Å²) in [5.74, 6) is -0.250. The molecule has 2 aliphatic heterocycles. The Morgan fingerprint density at radius 2 is 1.91 bits per heavy atom. The molecule has 1 atom stereocenters. The predicted octanol–water partition coefficient (Wildman–Crippen LogP) is 2.75. The van der Waals surface area contributed by atoms with Gasteiger partial charge in [0.15, 0.2) is 0 Å². The number of hydrogen-bond acceptors (Lipinski definition) is 3. The summed E-state index contributed by atoms with van der Waals surface area (Å²) in [4.78, 5) is 28.3. The largest absolute Gasteiger partial charge is 0.364 e. The van der Waals surface area contributed by atoms with Crippen LogP contribution >= 0.6 is 0 Å².